The lowest BCUT2D eigenvalue weighted by Gasteiger charge is -2.15. The Balaban J connectivity index is 2.96. The quantitative estimate of drug-likeness (QED) is 0.771. The molecule has 0 fully saturated rings. The normalized spacial score (nSPS) is 12.8. The molecule has 0 bridgehead atoms. The number of carboxylic acid groups (broad SMARTS) is 1. The van der Waals surface area contributed by atoms with Gasteiger partial charge in [-0.2, -0.15) is 0 Å². The average molecular weight is 179 g/mol. The maximum absolute atomic E-state index is 10.9. The van der Waals surface area contributed by atoms with E-state index < -0.39 is 11.9 Å². The molecule has 0 aliphatic heterocycles. The number of aliphatic carboxylic acids is 1. The predicted octanol–water partition coefficient (Wildman–Crippen LogP) is 1.91. The molecule has 1 N–H and O–H groups in total. The molecule has 3 heteroatoms. The lowest BCUT2D eigenvalue weighted by atomic mass is 9.89. The summed E-state index contributed by atoms with van der Waals surface area (Å²) in [4.78, 5) is 14.8. The fourth-order valence-corrected chi connectivity index (χ4v) is 1.38. The van der Waals surface area contributed by atoms with Gasteiger partial charge in [0, 0.05) is 12.4 Å². The second-order valence-corrected chi connectivity index (χ2v) is 3.34. The molecule has 0 amide bonds. The second-order valence-electron chi connectivity index (χ2n) is 3.34. The molecular weight excluding hydrogens is 166 g/mol. The first-order valence-corrected chi connectivity index (χ1v) is 4.25. The maximum Gasteiger partial charge on any atom is 0.311 e. The number of pyridine rings is 1. The van der Waals surface area contributed by atoms with Crippen LogP contribution in [0.15, 0.2) is 24.5 Å². The highest BCUT2D eigenvalue weighted by Gasteiger charge is 2.22. The van der Waals surface area contributed by atoms with Crippen LogP contribution in [0.4, 0.5) is 0 Å². The van der Waals surface area contributed by atoms with Crippen LogP contribution in [0.25, 0.3) is 0 Å². The maximum atomic E-state index is 10.9. The second kappa shape index (κ2) is 4.03. The Kier molecular flexibility index (Phi) is 3.01. The van der Waals surface area contributed by atoms with Gasteiger partial charge in [-0.3, -0.25) is 9.78 Å². The van der Waals surface area contributed by atoms with Crippen LogP contribution in [-0.4, -0.2) is 16.1 Å². The van der Waals surface area contributed by atoms with Crippen molar-refractivity contribution in [2.75, 3.05) is 0 Å². The Morgan fingerprint density at radius 3 is 2.31 bits per heavy atom. The summed E-state index contributed by atoms with van der Waals surface area (Å²) in [6.07, 6.45) is 3.24. The molecule has 3 nitrogen and oxygen atoms in total. The fourth-order valence-electron chi connectivity index (χ4n) is 1.38. The van der Waals surface area contributed by atoms with E-state index in [9.17, 15) is 4.79 Å². The van der Waals surface area contributed by atoms with E-state index in [-0.39, 0.29) is 5.92 Å². The summed E-state index contributed by atoms with van der Waals surface area (Å²) in [6.45, 7) is 3.80. The van der Waals surface area contributed by atoms with Crippen LogP contribution in [0, 0.1) is 5.92 Å². The molecule has 0 spiro atoms. The summed E-state index contributed by atoms with van der Waals surface area (Å²) in [6, 6.07) is 3.50. The Hall–Kier alpha value is -1.38. The van der Waals surface area contributed by atoms with Crippen molar-refractivity contribution in [2.45, 2.75) is 19.8 Å². The molecule has 0 radical (unpaired) electrons. The Labute approximate surface area is 77.4 Å². The SMILES string of the molecule is CC(C)[C@@H](C(=O)O)c1ccncc1. The molecule has 1 aromatic heterocycles. The van der Waals surface area contributed by atoms with E-state index in [4.69, 9.17) is 5.11 Å². The topological polar surface area (TPSA) is 50.2 Å². The van der Waals surface area contributed by atoms with Crippen LogP contribution in [0.2, 0.25) is 0 Å². The largest absolute Gasteiger partial charge is 0.481 e. The number of nitrogens with zero attached hydrogens (tertiary/aromatic N) is 1. The minimum atomic E-state index is -0.777. The lowest BCUT2D eigenvalue weighted by molar-refractivity contribution is -0.139. The molecule has 1 heterocycles. The zero-order valence-electron chi connectivity index (χ0n) is 7.77. The van der Waals surface area contributed by atoms with Gasteiger partial charge in [-0.1, -0.05) is 13.8 Å². The number of rotatable bonds is 3. The van der Waals surface area contributed by atoms with Gasteiger partial charge in [0.2, 0.25) is 0 Å². The number of carbonyl (C=O) groups is 1. The Morgan fingerprint density at radius 1 is 1.38 bits per heavy atom. The summed E-state index contributed by atoms with van der Waals surface area (Å²) in [7, 11) is 0. The molecule has 0 aliphatic rings. The van der Waals surface area contributed by atoms with Crippen LogP contribution < -0.4 is 0 Å². The van der Waals surface area contributed by atoms with E-state index in [0.29, 0.717) is 0 Å². The third kappa shape index (κ3) is 2.28. The summed E-state index contributed by atoms with van der Waals surface area (Å²) < 4.78 is 0. The van der Waals surface area contributed by atoms with E-state index in [1.54, 1.807) is 24.5 Å². The zero-order valence-corrected chi connectivity index (χ0v) is 7.77. The molecule has 0 aliphatic carbocycles. The highest BCUT2D eigenvalue weighted by atomic mass is 16.4. The number of carboxylic acids is 1. The summed E-state index contributed by atoms with van der Waals surface area (Å²) in [5.41, 5.74) is 0.817. The lowest BCUT2D eigenvalue weighted by Crippen LogP contribution is -2.17. The van der Waals surface area contributed by atoms with Gasteiger partial charge in [0.1, 0.15) is 0 Å². The van der Waals surface area contributed by atoms with Crippen molar-refractivity contribution in [3.63, 3.8) is 0 Å². The minimum Gasteiger partial charge on any atom is -0.481 e. The van der Waals surface area contributed by atoms with Gasteiger partial charge in [0.05, 0.1) is 5.92 Å². The van der Waals surface area contributed by atoms with Crippen LogP contribution in [-0.2, 0) is 4.79 Å². The zero-order chi connectivity index (χ0) is 9.84. The van der Waals surface area contributed by atoms with Crippen LogP contribution in [0.3, 0.4) is 0 Å². The third-order valence-electron chi connectivity index (χ3n) is 2.00. The van der Waals surface area contributed by atoms with Crippen LogP contribution >= 0.6 is 0 Å². The van der Waals surface area contributed by atoms with Gasteiger partial charge >= 0.3 is 5.97 Å². The van der Waals surface area contributed by atoms with Crippen LogP contribution in [0.5, 0.6) is 0 Å². The van der Waals surface area contributed by atoms with Gasteiger partial charge < -0.3 is 5.11 Å². The van der Waals surface area contributed by atoms with Crippen molar-refractivity contribution in [3.05, 3.63) is 30.1 Å². The fraction of sp³-hybridized carbons (Fsp3) is 0.400. The Morgan fingerprint density at radius 2 is 1.92 bits per heavy atom. The van der Waals surface area contributed by atoms with E-state index in [0.717, 1.165) is 5.56 Å². The van der Waals surface area contributed by atoms with Gasteiger partial charge in [-0.25, -0.2) is 0 Å². The van der Waals surface area contributed by atoms with Crippen LogP contribution in [0.1, 0.15) is 25.3 Å². The third-order valence-corrected chi connectivity index (χ3v) is 2.00. The molecule has 13 heavy (non-hydrogen) atoms. The molecule has 0 unspecified atom stereocenters. The molecule has 0 saturated carbocycles. The van der Waals surface area contributed by atoms with E-state index in [1.807, 2.05) is 13.8 Å². The van der Waals surface area contributed by atoms with Gasteiger partial charge in [-0.15, -0.1) is 0 Å². The summed E-state index contributed by atoms with van der Waals surface area (Å²) >= 11 is 0. The highest BCUT2D eigenvalue weighted by Crippen LogP contribution is 2.23. The van der Waals surface area contributed by atoms with Crippen molar-refractivity contribution < 1.29 is 9.90 Å². The minimum absolute atomic E-state index is 0.0971. The molecule has 0 saturated heterocycles. The van der Waals surface area contributed by atoms with Gasteiger partial charge in [-0.05, 0) is 23.6 Å². The van der Waals surface area contributed by atoms with E-state index in [1.165, 1.54) is 0 Å². The molecule has 1 atom stereocenters. The summed E-state index contributed by atoms with van der Waals surface area (Å²) in [5, 5.41) is 8.98. The van der Waals surface area contributed by atoms with Gasteiger partial charge in [0.15, 0.2) is 0 Å². The molecule has 70 valence electrons. The predicted molar refractivity (Wildman–Crippen MR) is 49.5 cm³/mol. The van der Waals surface area contributed by atoms with Crippen molar-refractivity contribution in [3.8, 4) is 0 Å². The van der Waals surface area contributed by atoms with Crippen molar-refractivity contribution in [1.29, 1.82) is 0 Å². The van der Waals surface area contributed by atoms with Gasteiger partial charge in [0.25, 0.3) is 0 Å². The molecule has 1 rings (SSSR count). The average Bonchev–Trinajstić information content (AvgIpc) is 2.04. The van der Waals surface area contributed by atoms with E-state index in [2.05, 4.69) is 4.98 Å². The molecule has 0 aromatic carbocycles. The first kappa shape index (κ1) is 9.71. The smallest absolute Gasteiger partial charge is 0.311 e. The Bertz CT molecular complexity index is 282. The van der Waals surface area contributed by atoms with Crippen molar-refractivity contribution in [1.82, 2.24) is 4.98 Å². The van der Waals surface area contributed by atoms with E-state index >= 15 is 0 Å². The van der Waals surface area contributed by atoms with Crippen molar-refractivity contribution >= 4 is 5.97 Å². The molecular formula is C10H13NO2. The highest BCUT2D eigenvalue weighted by molar-refractivity contribution is 5.76. The number of hydrogen-bond donors (Lipinski definition) is 1. The molecule has 1 aromatic rings. The number of aromatic nitrogens is 1. The summed E-state index contributed by atoms with van der Waals surface area (Å²) in [5.74, 6) is -1.11. The standard InChI is InChI=1S/C10H13NO2/c1-7(2)9(10(12)13)8-3-5-11-6-4-8/h3-7,9H,1-2H3,(H,12,13)/t9-/m1/s1. The number of hydrogen-bond acceptors (Lipinski definition) is 2. The van der Waals surface area contributed by atoms with Crippen molar-refractivity contribution in [2.24, 2.45) is 5.92 Å². The first-order chi connectivity index (χ1) is 6.13. The first-order valence-electron chi connectivity index (χ1n) is 4.25. The monoisotopic (exact) mass is 179 g/mol.